The summed E-state index contributed by atoms with van der Waals surface area (Å²) in [6.07, 6.45) is -3.78. The van der Waals surface area contributed by atoms with Gasteiger partial charge in [0.2, 0.25) is 5.88 Å². The summed E-state index contributed by atoms with van der Waals surface area (Å²) in [5.74, 6) is -0.340. The predicted molar refractivity (Wildman–Crippen MR) is 112 cm³/mol. The van der Waals surface area contributed by atoms with E-state index < -0.39 is 31.7 Å². The minimum atomic E-state index is -4.77. The highest BCUT2D eigenvalue weighted by atomic mass is 35.5. The quantitative estimate of drug-likeness (QED) is 0.482. The van der Waals surface area contributed by atoms with Crippen LogP contribution in [-0.2, 0) is 16.2 Å². The number of benzene rings is 2. The summed E-state index contributed by atoms with van der Waals surface area (Å²) in [5.41, 5.74) is -0.699. The molecule has 0 aliphatic carbocycles. The number of sulfonamides is 1. The van der Waals surface area contributed by atoms with E-state index in [2.05, 4.69) is 14.7 Å². The van der Waals surface area contributed by atoms with E-state index in [0.717, 1.165) is 12.4 Å². The lowest BCUT2D eigenvalue weighted by Crippen LogP contribution is -2.17. The van der Waals surface area contributed by atoms with Crippen molar-refractivity contribution in [3.8, 4) is 17.0 Å². The number of aromatic nitrogens is 2. The van der Waals surface area contributed by atoms with Gasteiger partial charge in [0, 0.05) is 5.02 Å². The Kier molecular flexibility index (Phi) is 7.13. The number of hydrogen-bond donors (Lipinski definition) is 2. The van der Waals surface area contributed by atoms with Gasteiger partial charge in [0.25, 0.3) is 10.0 Å². The molecular formula is C19H14Cl2F3N3O4S. The number of anilines is 1. The lowest BCUT2D eigenvalue weighted by atomic mass is 10.1. The van der Waals surface area contributed by atoms with E-state index in [9.17, 15) is 21.6 Å². The van der Waals surface area contributed by atoms with Crippen molar-refractivity contribution in [1.82, 2.24) is 9.97 Å². The van der Waals surface area contributed by atoms with Crippen molar-refractivity contribution >= 4 is 39.0 Å². The lowest BCUT2D eigenvalue weighted by molar-refractivity contribution is -0.137. The summed E-state index contributed by atoms with van der Waals surface area (Å²) < 4.78 is 72.6. The van der Waals surface area contributed by atoms with Gasteiger partial charge < -0.3 is 9.84 Å². The third-order valence-electron chi connectivity index (χ3n) is 4.05. The predicted octanol–water partition coefficient (Wildman–Crippen LogP) is 4.64. The minimum absolute atomic E-state index is 0.0655. The van der Waals surface area contributed by atoms with Crippen LogP contribution in [0.2, 0.25) is 10.0 Å². The number of hydrogen-bond acceptors (Lipinski definition) is 6. The molecule has 7 nitrogen and oxygen atoms in total. The van der Waals surface area contributed by atoms with E-state index in [-0.39, 0.29) is 30.5 Å². The second-order valence-electron chi connectivity index (χ2n) is 6.23. The SMILES string of the molecule is O=S(=O)(Nc1ncnc(OCCO)c1-c1ccc(Cl)cc1)c1cc(C(F)(F)F)ccc1Cl. The second kappa shape index (κ2) is 9.49. The van der Waals surface area contributed by atoms with Crippen molar-refractivity contribution in [3.63, 3.8) is 0 Å². The number of nitrogens with one attached hydrogen (secondary N) is 1. The Hall–Kier alpha value is -2.60. The van der Waals surface area contributed by atoms with Crippen molar-refractivity contribution in [2.24, 2.45) is 0 Å². The first-order valence-electron chi connectivity index (χ1n) is 8.77. The standard InChI is InChI=1S/C19H14Cl2F3N3O4S/c20-13-4-1-11(2-5-13)16-17(25-10-26-18(16)31-8-7-28)27-32(29,30)15-9-12(19(22,23)24)3-6-14(15)21/h1-6,9-10,28H,7-8H2,(H,25,26,27). The number of aliphatic hydroxyl groups is 1. The molecule has 0 amide bonds. The van der Waals surface area contributed by atoms with E-state index in [1.165, 1.54) is 12.1 Å². The maximum atomic E-state index is 13.1. The summed E-state index contributed by atoms with van der Waals surface area (Å²) in [7, 11) is -4.61. The number of ether oxygens (including phenoxy) is 1. The largest absolute Gasteiger partial charge is 0.475 e. The molecule has 0 aliphatic rings. The van der Waals surface area contributed by atoms with Crippen molar-refractivity contribution in [1.29, 1.82) is 0 Å². The first kappa shape index (κ1) is 24.1. The normalized spacial score (nSPS) is 11.9. The maximum Gasteiger partial charge on any atom is 0.416 e. The zero-order valence-corrected chi connectivity index (χ0v) is 18.2. The van der Waals surface area contributed by atoms with E-state index >= 15 is 0 Å². The fraction of sp³-hybridized carbons (Fsp3) is 0.158. The van der Waals surface area contributed by atoms with Gasteiger partial charge in [-0.3, -0.25) is 4.72 Å². The van der Waals surface area contributed by atoms with Gasteiger partial charge in [-0.05, 0) is 35.9 Å². The molecule has 2 aromatic carbocycles. The maximum absolute atomic E-state index is 13.1. The summed E-state index contributed by atoms with van der Waals surface area (Å²) in [6.45, 7) is -0.492. The Balaban J connectivity index is 2.11. The van der Waals surface area contributed by atoms with Gasteiger partial charge in [-0.15, -0.1) is 0 Å². The first-order chi connectivity index (χ1) is 15.0. The summed E-state index contributed by atoms with van der Waals surface area (Å²) >= 11 is 11.8. The fourth-order valence-corrected chi connectivity index (χ4v) is 4.32. The molecule has 0 radical (unpaired) electrons. The van der Waals surface area contributed by atoms with Crippen LogP contribution < -0.4 is 9.46 Å². The van der Waals surface area contributed by atoms with Gasteiger partial charge in [0.1, 0.15) is 17.8 Å². The summed E-state index contributed by atoms with van der Waals surface area (Å²) in [4.78, 5) is 7.09. The molecule has 0 unspecified atom stereocenters. The molecule has 0 bridgehead atoms. The molecule has 170 valence electrons. The lowest BCUT2D eigenvalue weighted by Gasteiger charge is -2.16. The van der Waals surface area contributed by atoms with Gasteiger partial charge in [0.15, 0.2) is 5.82 Å². The first-order valence-corrected chi connectivity index (χ1v) is 11.0. The highest BCUT2D eigenvalue weighted by Crippen LogP contribution is 2.37. The molecule has 13 heteroatoms. The molecule has 0 saturated carbocycles. The highest BCUT2D eigenvalue weighted by molar-refractivity contribution is 7.92. The second-order valence-corrected chi connectivity index (χ2v) is 8.72. The molecule has 0 spiro atoms. The Morgan fingerprint density at radius 3 is 2.38 bits per heavy atom. The topological polar surface area (TPSA) is 101 Å². The Labute approximate surface area is 190 Å². The number of rotatable bonds is 7. The van der Waals surface area contributed by atoms with E-state index in [4.69, 9.17) is 33.0 Å². The number of aliphatic hydroxyl groups excluding tert-OH is 1. The molecule has 2 N–H and O–H groups in total. The third kappa shape index (κ3) is 5.41. The van der Waals surface area contributed by atoms with E-state index in [1.54, 1.807) is 12.1 Å². The highest BCUT2D eigenvalue weighted by Gasteiger charge is 2.33. The molecule has 0 atom stereocenters. The van der Waals surface area contributed by atoms with Crippen molar-refractivity contribution in [3.05, 3.63) is 64.4 Å². The fourth-order valence-electron chi connectivity index (χ4n) is 2.64. The number of alkyl halides is 3. The van der Waals surface area contributed by atoms with E-state index in [1.807, 2.05) is 0 Å². The van der Waals surface area contributed by atoms with Crippen molar-refractivity contribution in [2.75, 3.05) is 17.9 Å². The Bertz CT molecular complexity index is 1220. The number of nitrogens with zero attached hydrogens (tertiary/aromatic N) is 2. The molecule has 3 aromatic rings. The van der Waals surface area contributed by atoms with Gasteiger partial charge in [-0.25, -0.2) is 18.4 Å². The van der Waals surface area contributed by atoms with Crippen LogP contribution in [0, 0.1) is 0 Å². The molecule has 3 rings (SSSR count). The van der Waals surface area contributed by atoms with Crippen LogP contribution in [0.25, 0.3) is 11.1 Å². The molecule has 0 saturated heterocycles. The van der Waals surface area contributed by atoms with Crippen LogP contribution in [0.4, 0.5) is 19.0 Å². The van der Waals surface area contributed by atoms with Crippen LogP contribution >= 0.6 is 23.2 Å². The zero-order chi connectivity index (χ0) is 23.5. The van der Waals surface area contributed by atoms with Gasteiger partial charge >= 0.3 is 6.18 Å². The molecule has 1 heterocycles. The van der Waals surface area contributed by atoms with Crippen LogP contribution in [-0.4, -0.2) is 36.7 Å². The average Bonchev–Trinajstić information content (AvgIpc) is 2.72. The Morgan fingerprint density at radius 2 is 1.75 bits per heavy atom. The Morgan fingerprint density at radius 1 is 1.06 bits per heavy atom. The minimum Gasteiger partial charge on any atom is -0.475 e. The molecule has 1 aromatic heterocycles. The van der Waals surface area contributed by atoms with E-state index in [0.29, 0.717) is 22.7 Å². The molecule has 0 fully saturated rings. The summed E-state index contributed by atoms with van der Waals surface area (Å²) in [6, 6.07) is 8.09. The van der Waals surface area contributed by atoms with Gasteiger partial charge in [-0.2, -0.15) is 13.2 Å². The number of halogens is 5. The molecule has 32 heavy (non-hydrogen) atoms. The van der Waals surface area contributed by atoms with Crippen LogP contribution in [0.3, 0.4) is 0 Å². The van der Waals surface area contributed by atoms with Crippen LogP contribution in [0.15, 0.2) is 53.7 Å². The molecular weight excluding hydrogens is 494 g/mol. The van der Waals surface area contributed by atoms with Crippen molar-refractivity contribution < 1.29 is 31.4 Å². The smallest absolute Gasteiger partial charge is 0.416 e. The van der Waals surface area contributed by atoms with Crippen molar-refractivity contribution in [2.45, 2.75) is 11.1 Å². The third-order valence-corrected chi connectivity index (χ3v) is 6.13. The van der Waals surface area contributed by atoms with Gasteiger partial charge in [0.05, 0.1) is 22.8 Å². The summed E-state index contributed by atoms with van der Waals surface area (Å²) in [5, 5.41) is 9.04. The van der Waals surface area contributed by atoms with Crippen LogP contribution in [0.1, 0.15) is 5.56 Å². The molecule has 0 aliphatic heterocycles. The monoisotopic (exact) mass is 507 g/mol. The van der Waals surface area contributed by atoms with Gasteiger partial charge in [-0.1, -0.05) is 35.3 Å². The zero-order valence-electron chi connectivity index (χ0n) is 15.9. The average molecular weight is 508 g/mol. The van der Waals surface area contributed by atoms with Crippen LogP contribution in [0.5, 0.6) is 5.88 Å².